The Bertz CT molecular complexity index is 643. The molecule has 1 aromatic rings. The molecule has 1 heterocycles. The van der Waals surface area contributed by atoms with Crippen molar-refractivity contribution >= 4 is 34.5 Å². The summed E-state index contributed by atoms with van der Waals surface area (Å²) in [4.78, 5) is 36.9. The van der Waals surface area contributed by atoms with E-state index in [9.17, 15) is 14.4 Å². The van der Waals surface area contributed by atoms with E-state index in [0.29, 0.717) is 6.54 Å². The van der Waals surface area contributed by atoms with E-state index in [1.54, 1.807) is 4.90 Å². The molecule has 2 aliphatic rings. The summed E-state index contributed by atoms with van der Waals surface area (Å²) in [5, 5.41) is 5.76. The van der Waals surface area contributed by atoms with E-state index in [-0.39, 0.29) is 35.6 Å². The molecule has 1 saturated carbocycles. The molecule has 0 spiro atoms. The highest BCUT2D eigenvalue weighted by Gasteiger charge is 2.29. The Morgan fingerprint density at radius 1 is 1.29 bits per heavy atom. The smallest absolute Gasteiger partial charge is 0.282 e. The van der Waals surface area contributed by atoms with Gasteiger partial charge in [-0.05, 0) is 37.5 Å². The minimum absolute atomic E-state index is 0.0337. The SMILES string of the molecule is CC(NC(=O)CN1CCSC1=O)c1ccc(NC(=O)C2CC2)cc1. The van der Waals surface area contributed by atoms with Crippen LogP contribution in [0.2, 0.25) is 0 Å². The molecule has 2 fully saturated rings. The van der Waals surface area contributed by atoms with E-state index < -0.39 is 0 Å². The molecule has 1 saturated heterocycles. The van der Waals surface area contributed by atoms with E-state index in [1.807, 2.05) is 31.2 Å². The third-order valence-electron chi connectivity index (χ3n) is 4.18. The van der Waals surface area contributed by atoms with Gasteiger partial charge in [0.05, 0.1) is 6.04 Å². The summed E-state index contributed by atoms with van der Waals surface area (Å²) in [6.07, 6.45) is 1.95. The first-order valence-corrected chi connectivity index (χ1v) is 9.13. The summed E-state index contributed by atoms with van der Waals surface area (Å²) in [6.45, 7) is 2.63. The van der Waals surface area contributed by atoms with Gasteiger partial charge in [0.1, 0.15) is 6.54 Å². The monoisotopic (exact) mass is 347 g/mol. The predicted molar refractivity (Wildman–Crippen MR) is 93.8 cm³/mol. The van der Waals surface area contributed by atoms with Crippen LogP contribution in [0.5, 0.6) is 0 Å². The maximum Gasteiger partial charge on any atom is 0.282 e. The fourth-order valence-corrected chi connectivity index (χ4v) is 3.38. The van der Waals surface area contributed by atoms with Crippen molar-refractivity contribution in [2.24, 2.45) is 5.92 Å². The van der Waals surface area contributed by atoms with Crippen LogP contribution in [0.15, 0.2) is 24.3 Å². The third kappa shape index (κ3) is 4.29. The molecule has 3 rings (SSSR count). The van der Waals surface area contributed by atoms with Gasteiger partial charge in [-0.15, -0.1) is 0 Å². The van der Waals surface area contributed by atoms with Gasteiger partial charge in [-0.25, -0.2) is 0 Å². The molecule has 24 heavy (non-hydrogen) atoms. The lowest BCUT2D eigenvalue weighted by atomic mass is 10.1. The molecule has 7 heteroatoms. The van der Waals surface area contributed by atoms with Crippen molar-refractivity contribution in [2.75, 3.05) is 24.2 Å². The molecular weight excluding hydrogens is 326 g/mol. The lowest BCUT2D eigenvalue weighted by molar-refractivity contribution is -0.122. The Morgan fingerprint density at radius 3 is 2.58 bits per heavy atom. The van der Waals surface area contributed by atoms with E-state index in [0.717, 1.165) is 29.8 Å². The normalized spacial score (nSPS) is 18.4. The van der Waals surface area contributed by atoms with E-state index in [1.165, 1.54) is 11.8 Å². The summed E-state index contributed by atoms with van der Waals surface area (Å²) in [5.74, 6) is 0.839. The minimum atomic E-state index is -0.163. The van der Waals surface area contributed by atoms with Crippen LogP contribution in [-0.2, 0) is 9.59 Å². The van der Waals surface area contributed by atoms with Gasteiger partial charge in [0.15, 0.2) is 0 Å². The number of carbonyl (C=O) groups is 3. The zero-order valence-electron chi connectivity index (χ0n) is 13.6. The van der Waals surface area contributed by atoms with Gasteiger partial charge in [-0.2, -0.15) is 0 Å². The molecule has 1 aliphatic heterocycles. The molecule has 6 nitrogen and oxygen atoms in total. The van der Waals surface area contributed by atoms with Gasteiger partial charge in [0, 0.05) is 23.9 Å². The Hall–Kier alpha value is -2.02. The van der Waals surface area contributed by atoms with Gasteiger partial charge >= 0.3 is 0 Å². The first kappa shape index (κ1) is 16.8. The second kappa shape index (κ2) is 7.25. The highest BCUT2D eigenvalue weighted by atomic mass is 32.2. The molecule has 0 radical (unpaired) electrons. The number of amides is 3. The van der Waals surface area contributed by atoms with Crippen LogP contribution in [-0.4, -0.2) is 40.8 Å². The highest BCUT2D eigenvalue weighted by Crippen LogP contribution is 2.30. The summed E-state index contributed by atoms with van der Waals surface area (Å²) in [5.41, 5.74) is 1.73. The molecule has 0 aromatic heterocycles. The largest absolute Gasteiger partial charge is 0.348 e. The summed E-state index contributed by atoms with van der Waals surface area (Å²) in [6, 6.07) is 7.32. The van der Waals surface area contributed by atoms with E-state index in [2.05, 4.69) is 10.6 Å². The van der Waals surface area contributed by atoms with Crippen LogP contribution in [0.3, 0.4) is 0 Å². The Morgan fingerprint density at radius 2 is 2.00 bits per heavy atom. The Balaban J connectivity index is 1.50. The zero-order valence-corrected chi connectivity index (χ0v) is 14.4. The average Bonchev–Trinajstić information content (AvgIpc) is 3.33. The van der Waals surface area contributed by atoms with Crippen LogP contribution in [0.25, 0.3) is 0 Å². The third-order valence-corrected chi connectivity index (χ3v) is 5.08. The van der Waals surface area contributed by atoms with Crippen LogP contribution < -0.4 is 10.6 Å². The van der Waals surface area contributed by atoms with Crippen molar-refractivity contribution in [2.45, 2.75) is 25.8 Å². The topological polar surface area (TPSA) is 78.5 Å². The molecular formula is C17H21N3O3S. The summed E-state index contributed by atoms with van der Waals surface area (Å²) < 4.78 is 0. The number of benzene rings is 1. The molecule has 1 unspecified atom stereocenters. The average molecular weight is 347 g/mol. The van der Waals surface area contributed by atoms with Gasteiger partial charge in [0.25, 0.3) is 5.24 Å². The fourth-order valence-electron chi connectivity index (χ4n) is 2.56. The summed E-state index contributed by atoms with van der Waals surface area (Å²) in [7, 11) is 0. The van der Waals surface area contributed by atoms with Gasteiger partial charge in [-0.3, -0.25) is 14.4 Å². The lowest BCUT2D eigenvalue weighted by Crippen LogP contribution is -2.38. The molecule has 1 aromatic carbocycles. The molecule has 128 valence electrons. The molecule has 3 amide bonds. The van der Waals surface area contributed by atoms with Crippen molar-refractivity contribution in [3.63, 3.8) is 0 Å². The number of nitrogens with zero attached hydrogens (tertiary/aromatic N) is 1. The maximum absolute atomic E-state index is 12.1. The fraction of sp³-hybridized carbons (Fsp3) is 0.471. The van der Waals surface area contributed by atoms with Gasteiger partial charge in [0.2, 0.25) is 11.8 Å². The van der Waals surface area contributed by atoms with Crippen molar-refractivity contribution in [1.29, 1.82) is 0 Å². The first-order chi connectivity index (χ1) is 11.5. The lowest BCUT2D eigenvalue weighted by Gasteiger charge is -2.18. The zero-order chi connectivity index (χ0) is 17.1. The second-order valence-electron chi connectivity index (χ2n) is 6.21. The van der Waals surface area contributed by atoms with Crippen LogP contribution in [0.4, 0.5) is 10.5 Å². The van der Waals surface area contributed by atoms with Gasteiger partial charge in [-0.1, -0.05) is 23.9 Å². The number of hydrogen-bond acceptors (Lipinski definition) is 4. The standard InChI is InChI=1S/C17H21N3O3S/c1-11(18-15(21)10-20-8-9-24-17(20)23)12-4-6-14(7-5-12)19-16(22)13-2-3-13/h4-7,11,13H,2-3,8-10H2,1H3,(H,18,21)(H,19,22). The Kier molecular flexibility index (Phi) is 5.08. The van der Waals surface area contributed by atoms with Crippen LogP contribution >= 0.6 is 11.8 Å². The van der Waals surface area contributed by atoms with Crippen molar-refractivity contribution in [3.8, 4) is 0 Å². The number of rotatable bonds is 6. The Labute approximate surface area is 145 Å². The van der Waals surface area contributed by atoms with E-state index in [4.69, 9.17) is 0 Å². The number of thioether (sulfide) groups is 1. The molecule has 1 aliphatic carbocycles. The number of hydrogen-bond donors (Lipinski definition) is 2. The quantitative estimate of drug-likeness (QED) is 0.828. The minimum Gasteiger partial charge on any atom is -0.348 e. The highest BCUT2D eigenvalue weighted by molar-refractivity contribution is 8.13. The molecule has 2 N–H and O–H groups in total. The predicted octanol–water partition coefficient (Wildman–Crippen LogP) is 2.38. The maximum atomic E-state index is 12.1. The van der Waals surface area contributed by atoms with Crippen molar-refractivity contribution in [3.05, 3.63) is 29.8 Å². The molecule has 0 bridgehead atoms. The first-order valence-electron chi connectivity index (χ1n) is 8.15. The van der Waals surface area contributed by atoms with Crippen LogP contribution in [0, 0.1) is 5.92 Å². The van der Waals surface area contributed by atoms with Crippen molar-refractivity contribution < 1.29 is 14.4 Å². The van der Waals surface area contributed by atoms with Crippen LogP contribution in [0.1, 0.15) is 31.4 Å². The number of carbonyl (C=O) groups excluding carboxylic acids is 3. The number of anilines is 1. The number of nitrogens with one attached hydrogen (secondary N) is 2. The summed E-state index contributed by atoms with van der Waals surface area (Å²) >= 11 is 1.25. The molecule has 1 atom stereocenters. The van der Waals surface area contributed by atoms with Crippen molar-refractivity contribution in [1.82, 2.24) is 10.2 Å². The second-order valence-corrected chi connectivity index (χ2v) is 7.26. The van der Waals surface area contributed by atoms with Gasteiger partial charge < -0.3 is 15.5 Å². The van der Waals surface area contributed by atoms with E-state index >= 15 is 0 Å².